The molecular weight excluding hydrogens is 387 g/mol. The fourth-order valence-corrected chi connectivity index (χ4v) is 3.71. The van der Waals surface area contributed by atoms with E-state index in [-0.39, 0.29) is 0 Å². The van der Waals surface area contributed by atoms with Gasteiger partial charge in [-0.1, -0.05) is 48.5 Å². The maximum absolute atomic E-state index is 13.4. The van der Waals surface area contributed by atoms with Gasteiger partial charge in [-0.25, -0.2) is 4.68 Å². The Morgan fingerprint density at radius 3 is 2.20 bits per heavy atom. The Morgan fingerprint density at radius 1 is 0.733 bits per heavy atom. The molecule has 0 saturated heterocycles. The molecule has 30 heavy (non-hydrogen) atoms. The second-order valence-electron chi connectivity index (χ2n) is 7.14. The van der Waals surface area contributed by atoms with Crippen LogP contribution in [0.4, 0.5) is 18.9 Å². The molecule has 0 atom stereocenters. The summed E-state index contributed by atoms with van der Waals surface area (Å²) in [6.45, 7) is 0. The van der Waals surface area contributed by atoms with Crippen molar-refractivity contribution < 1.29 is 13.2 Å². The molecule has 0 aliphatic rings. The first kappa shape index (κ1) is 18.2. The molecule has 0 spiro atoms. The third kappa shape index (κ3) is 3.06. The van der Waals surface area contributed by atoms with E-state index in [4.69, 9.17) is 5.73 Å². The van der Waals surface area contributed by atoms with Crippen molar-refractivity contribution in [3.63, 3.8) is 0 Å². The number of alkyl halides is 3. The third-order valence-electron chi connectivity index (χ3n) is 5.18. The van der Waals surface area contributed by atoms with Crippen LogP contribution in [-0.2, 0) is 6.18 Å². The highest BCUT2D eigenvalue weighted by atomic mass is 19.4. The van der Waals surface area contributed by atoms with Crippen molar-refractivity contribution in [2.75, 3.05) is 5.73 Å². The van der Waals surface area contributed by atoms with E-state index in [0.29, 0.717) is 22.6 Å². The van der Waals surface area contributed by atoms with Crippen molar-refractivity contribution >= 4 is 27.2 Å². The van der Waals surface area contributed by atoms with Gasteiger partial charge in [-0.05, 0) is 57.9 Å². The average molecular weight is 403 g/mol. The summed E-state index contributed by atoms with van der Waals surface area (Å²) in [6.07, 6.45) is -4.54. The highest BCUT2D eigenvalue weighted by Crippen LogP contribution is 2.35. The predicted octanol–water partition coefficient (Wildman–Crippen LogP) is 6.45. The molecule has 148 valence electrons. The number of halogens is 3. The highest BCUT2D eigenvalue weighted by molar-refractivity contribution is 6.08. The maximum atomic E-state index is 13.4. The number of rotatable bonds is 2. The fraction of sp³-hybridized carbons (Fsp3) is 0.0417. The Kier molecular flexibility index (Phi) is 4.03. The minimum atomic E-state index is -4.54. The monoisotopic (exact) mass is 403 g/mol. The molecule has 0 aliphatic heterocycles. The van der Waals surface area contributed by atoms with Crippen LogP contribution in [0.1, 0.15) is 5.69 Å². The van der Waals surface area contributed by atoms with Gasteiger partial charge in [0.05, 0.1) is 11.4 Å². The summed E-state index contributed by atoms with van der Waals surface area (Å²) < 4.78 is 41.5. The first-order chi connectivity index (χ1) is 14.4. The summed E-state index contributed by atoms with van der Waals surface area (Å²) in [5, 5.41) is 8.05. The van der Waals surface area contributed by atoms with Crippen molar-refractivity contribution in [3.05, 3.63) is 90.6 Å². The first-order valence-corrected chi connectivity index (χ1v) is 9.35. The van der Waals surface area contributed by atoms with Crippen LogP contribution in [0.15, 0.2) is 84.9 Å². The van der Waals surface area contributed by atoms with Crippen LogP contribution in [0, 0.1) is 0 Å². The van der Waals surface area contributed by atoms with Gasteiger partial charge >= 0.3 is 6.18 Å². The van der Waals surface area contributed by atoms with E-state index < -0.39 is 11.9 Å². The van der Waals surface area contributed by atoms with Gasteiger partial charge in [0, 0.05) is 11.3 Å². The molecule has 0 aliphatic carbocycles. The molecule has 0 saturated carbocycles. The van der Waals surface area contributed by atoms with Crippen molar-refractivity contribution in [2.24, 2.45) is 0 Å². The first-order valence-electron chi connectivity index (χ1n) is 9.35. The summed E-state index contributed by atoms with van der Waals surface area (Å²) >= 11 is 0. The zero-order valence-electron chi connectivity index (χ0n) is 15.7. The van der Waals surface area contributed by atoms with Gasteiger partial charge in [-0.2, -0.15) is 18.3 Å². The van der Waals surface area contributed by atoms with Gasteiger partial charge in [0.1, 0.15) is 0 Å². The van der Waals surface area contributed by atoms with Crippen LogP contribution in [0.3, 0.4) is 0 Å². The Hall–Kier alpha value is -3.80. The van der Waals surface area contributed by atoms with Gasteiger partial charge in [-0.15, -0.1) is 0 Å². The molecule has 1 aromatic heterocycles. The summed E-state index contributed by atoms with van der Waals surface area (Å²) in [5.41, 5.74) is 6.84. The lowest BCUT2D eigenvalue weighted by Gasteiger charge is -2.10. The summed E-state index contributed by atoms with van der Waals surface area (Å²) in [5.74, 6) is 0. The van der Waals surface area contributed by atoms with Crippen LogP contribution in [-0.4, -0.2) is 9.78 Å². The normalized spacial score (nSPS) is 12.0. The number of anilines is 1. The van der Waals surface area contributed by atoms with Crippen LogP contribution in [0.5, 0.6) is 0 Å². The number of nitrogen functional groups attached to an aromatic ring is 1. The van der Waals surface area contributed by atoms with E-state index >= 15 is 0 Å². The minimum Gasteiger partial charge on any atom is -0.399 e. The molecule has 0 radical (unpaired) electrons. The molecule has 6 heteroatoms. The Morgan fingerprint density at radius 2 is 1.43 bits per heavy atom. The van der Waals surface area contributed by atoms with Crippen LogP contribution >= 0.6 is 0 Å². The minimum absolute atomic E-state index is 0.363. The highest BCUT2D eigenvalue weighted by Gasteiger charge is 2.35. The van der Waals surface area contributed by atoms with Gasteiger partial charge in [0.25, 0.3) is 0 Å². The molecular formula is C24H16F3N3. The van der Waals surface area contributed by atoms with Crippen LogP contribution < -0.4 is 5.73 Å². The van der Waals surface area contributed by atoms with Crippen molar-refractivity contribution in [2.45, 2.75) is 6.18 Å². The van der Waals surface area contributed by atoms with Crippen LogP contribution in [0.25, 0.3) is 38.5 Å². The van der Waals surface area contributed by atoms with Crippen molar-refractivity contribution in [1.29, 1.82) is 0 Å². The predicted molar refractivity (Wildman–Crippen MR) is 113 cm³/mol. The second-order valence-corrected chi connectivity index (χ2v) is 7.14. The summed E-state index contributed by atoms with van der Waals surface area (Å²) in [4.78, 5) is 0. The molecule has 1 heterocycles. The fourth-order valence-electron chi connectivity index (χ4n) is 3.71. The van der Waals surface area contributed by atoms with E-state index in [1.807, 2.05) is 54.6 Å². The number of nitrogens with zero attached hydrogens (tertiary/aromatic N) is 2. The van der Waals surface area contributed by atoms with E-state index in [2.05, 4.69) is 5.10 Å². The number of hydrogen-bond acceptors (Lipinski definition) is 2. The average Bonchev–Trinajstić information content (AvgIpc) is 3.20. The van der Waals surface area contributed by atoms with E-state index in [9.17, 15) is 13.2 Å². The van der Waals surface area contributed by atoms with Gasteiger partial charge in [-0.3, -0.25) is 0 Å². The van der Waals surface area contributed by atoms with Crippen LogP contribution in [0.2, 0.25) is 0 Å². The standard InChI is InChI=1S/C24H16F3N3/c25-24(26,27)23-14-22(30(29-23)19-10-8-18(28)9-11-19)17-7-12-21-16(13-17)6-5-15-3-1-2-4-20(15)21/h1-14H,28H2. The molecule has 4 aromatic carbocycles. The number of fused-ring (bicyclic) bond motifs is 3. The van der Waals surface area contributed by atoms with E-state index in [1.165, 1.54) is 4.68 Å². The largest absolute Gasteiger partial charge is 0.435 e. The SMILES string of the molecule is Nc1ccc(-n2nc(C(F)(F)F)cc2-c2ccc3c(ccc4ccccc43)c2)cc1. The lowest BCUT2D eigenvalue weighted by atomic mass is 9.99. The number of hydrogen-bond donors (Lipinski definition) is 1. The number of aromatic nitrogens is 2. The summed E-state index contributed by atoms with van der Waals surface area (Å²) in [6, 6.07) is 25.4. The van der Waals surface area contributed by atoms with E-state index in [0.717, 1.165) is 27.6 Å². The molecule has 3 nitrogen and oxygen atoms in total. The molecule has 5 rings (SSSR count). The zero-order valence-corrected chi connectivity index (χ0v) is 15.7. The lowest BCUT2D eigenvalue weighted by Crippen LogP contribution is -2.07. The maximum Gasteiger partial charge on any atom is 0.435 e. The second kappa shape index (κ2) is 6.62. The Labute approximate surface area is 170 Å². The molecule has 0 bridgehead atoms. The van der Waals surface area contributed by atoms with Gasteiger partial charge in [0.15, 0.2) is 5.69 Å². The molecule has 0 unspecified atom stereocenters. The Bertz CT molecular complexity index is 1380. The molecule has 0 amide bonds. The van der Waals surface area contributed by atoms with Crippen molar-refractivity contribution in [3.8, 4) is 16.9 Å². The van der Waals surface area contributed by atoms with E-state index in [1.54, 1.807) is 24.3 Å². The number of nitrogens with two attached hydrogens (primary N) is 1. The van der Waals surface area contributed by atoms with Crippen molar-refractivity contribution in [1.82, 2.24) is 9.78 Å². The van der Waals surface area contributed by atoms with Gasteiger partial charge in [0.2, 0.25) is 0 Å². The number of benzene rings is 4. The topological polar surface area (TPSA) is 43.8 Å². The quantitative estimate of drug-likeness (QED) is 0.272. The molecule has 5 aromatic rings. The molecule has 2 N–H and O–H groups in total. The smallest absolute Gasteiger partial charge is 0.399 e. The lowest BCUT2D eigenvalue weighted by molar-refractivity contribution is -0.141. The third-order valence-corrected chi connectivity index (χ3v) is 5.18. The zero-order chi connectivity index (χ0) is 20.9. The molecule has 0 fully saturated rings. The Balaban J connectivity index is 1.72. The summed E-state index contributed by atoms with van der Waals surface area (Å²) in [7, 11) is 0. The van der Waals surface area contributed by atoms with Gasteiger partial charge < -0.3 is 5.73 Å².